The zero-order chi connectivity index (χ0) is 20.5. The van der Waals surface area contributed by atoms with Gasteiger partial charge >= 0.3 is 0 Å². The van der Waals surface area contributed by atoms with Gasteiger partial charge in [-0.15, -0.1) is 0 Å². The second kappa shape index (κ2) is 8.14. The van der Waals surface area contributed by atoms with Crippen LogP contribution in [0.3, 0.4) is 0 Å². The minimum absolute atomic E-state index is 0.143. The Morgan fingerprint density at radius 1 is 1.31 bits per heavy atom. The predicted molar refractivity (Wildman–Crippen MR) is 117 cm³/mol. The summed E-state index contributed by atoms with van der Waals surface area (Å²) in [6.07, 6.45) is 7.22. The van der Waals surface area contributed by atoms with E-state index in [0.717, 1.165) is 45.9 Å². The molecular weight excluding hydrogens is 432 g/mol. The van der Waals surface area contributed by atoms with Crippen LogP contribution in [0.2, 0.25) is 0 Å². The zero-order valence-corrected chi connectivity index (χ0v) is 18.3. The number of H-pyrrole nitrogens is 1. The van der Waals surface area contributed by atoms with E-state index in [1.165, 1.54) is 12.8 Å². The summed E-state index contributed by atoms with van der Waals surface area (Å²) in [6.45, 7) is 4.07. The van der Waals surface area contributed by atoms with Crippen LogP contribution in [0.15, 0.2) is 33.7 Å². The lowest BCUT2D eigenvalue weighted by atomic mass is 10.1. The van der Waals surface area contributed by atoms with E-state index in [4.69, 9.17) is 0 Å². The van der Waals surface area contributed by atoms with Gasteiger partial charge in [-0.05, 0) is 49.9 Å². The molecule has 0 unspecified atom stereocenters. The number of amides is 1. The Bertz CT molecular complexity index is 1130. The number of aromatic nitrogens is 3. The van der Waals surface area contributed by atoms with Crippen molar-refractivity contribution in [2.24, 2.45) is 0 Å². The molecule has 0 bridgehead atoms. The Morgan fingerprint density at radius 3 is 2.79 bits per heavy atom. The van der Waals surface area contributed by atoms with Crippen LogP contribution in [0.1, 0.15) is 65.8 Å². The molecule has 2 heterocycles. The van der Waals surface area contributed by atoms with E-state index in [-0.39, 0.29) is 18.0 Å². The van der Waals surface area contributed by atoms with Crippen molar-refractivity contribution in [1.29, 1.82) is 0 Å². The number of carbonyl (C=O) groups excluding carboxylic acids is 1. The first kappa shape index (κ1) is 19.9. The molecule has 152 valence electrons. The van der Waals surface area contributed by atoms with Gasteiger partial charge in [0.25, 0.3) is 11.5 Å². The summed E-state index contributed by atoms with van der Waals surface area (Å²) in [5.74, 6) is -0.204. The van der Waals surface area contributed by atoms with E-state index in [9.17, 15) is 9.59 Å². The molecule has 0 spiro atoms. The molecule has 6 nitrogen and oxygen atoms in total. The van der Waals surface area contributed by atoms with Gasteiger partial charge in [0.2, 0.25) is 0 Å². The maximum atomic E-state index is 13.0. The Kier molecular flexibility index (Phi) is 5.58. The molecule has 1 fully saturated rings. The van der Waals surface area contributed by atoms with Gasteiger partial charge in [-0.25, -0.2) is 0 Å². The highest BCUT2D eigenvalue weighted by molar-refractivity contribution is 9.10. The number of nitrogens with one attached hydrogen (secondary N) is 2. The van der Waals surface area contributed by atoms with Gasteiger partial charge in [0, 0.05) is 27.7 Å². The first-order chi connectivity index (χ1) is 14.0. The molecule has 2 aromatic heterocycles. The fourth-order valence-electron chi connectivity index (χ4n) is 4.30. The van der Waals surface area contributed by atoms with Crippen LogP contribution in [0, 0.1) is 6.92 Å². The van der Waals surface area contributed by atoms with Crippen molar-refractivity contribution in [1.82, 2.24) is 20.1 Å². The normalized spacial score (nSPS) is 14.6. The number of hydrogen-bond donors (Lipinski definition) is 2. The second-order valence-electron chi connectivity index (χ2n) is 7.74. The van der Waals surface area contributed by atoms with E-state index in [0.29, 0.717) is 17.2 Å². The van der Waals surface area contributed by atoms with Crippen molar-refractivity contribution in [3.63, 3.8) is 0 Å². The number of benzene rings is 1. The number of pyridine rings is 1. The molecule has 1 amide bonds. The van der Waals surface area contributed by atoms with E-state index in [1.807, 2.05) is 32.0 Å². The monoisotopic (exact) mass is 456 g/mol. The number of nitrogens with zero attached hydrogens (tertiary/aromatic N) is 2. The third-order valence-corrected chi connectivity index (χ3v) is 6.22. The van der Waals surface area contributed by atoms with Crippen molar-refractivity contribution in [2.45, 2.75) is 58.5 Å². The molecule has 0 aliphatic heterocycles. The number of hydrogen-bond acceptors (Lipinski definition) is 3. The van der Waals surface area contributed by atoms with Crippen LogP contribution in [0.25, 0.3) is 10.9 Å². The maximum absolute atomic E-state index is 13.0. The van der Waals surface area contributed by atoms with Crippen molar-refractivity contribution in [3.05, 3.63) is 61.6 Å². The van der Waals surface area contributed by atoms with Crippen LogP contribution in [0.5, 0.6) is 0 Å². The summed E-state index contributed by atoms with van der Waals surface area (Å²) in [5, 5.41) is 8.36. The SMILES string of the molecule is CCc1cc(C)[nH]c(=O)c1CNC(=O)c1cc(Br)cc2c1cnn2C1CCCC1. The number of aromatic amines is 1. The molecule has 1 aliphatic carbocycles. The molecular formula is C22H25BrN4O2. The largest absolute Gasteiger partial charge is 0.348 e. The summed E-state index contributed by atoms with van der Waals surface area (Å²) >= 11 is 3.54. The highest BCUT2D eigenvalue weighted by Gasteiger charge is 2.22. The third kappa shape index (κ3) is 3.88. The fourth-order valence-corrected chi connectivity index (χ4v) is 4.74. The lowest BCUT2D eigenvalue weighted by molar-refractivity contribution is 0.0952. The lowest BCUT2D eigenvalue weighted by Gasteiger charge is -2.13. The molecule has 0 atom stereocenters. The summed E-state index contributed by atoms with van der Waals surface area (Å²) < 4.78 is 2.90. The van der Waals surface area contributed by atoms with Gasteiger partial charge in [-0.1, -0.05) is 35.7 Å². The third-order valence-electron chi connectivity index (χ3n) is 5.77. The van der Waals surface area contributed by atoms with Crippen molar-refractivity contribution in [2.75, 3.05) is 0 Å². The highest BCUT2D eigenvalue weighted by atomic mass is 79.9. The van der Waals surface area contributed by atoms with Gasteiger partial charge in [-0.3, -0.25) is 14.3 Å². The van der Waals surface area contributed by atoms with Crippen LogP contribution in [-0.2, 0) is 13.0 Å². The number of aryl methyl sites for hydroxylation is 2. The molecule has 0 radical (unpaired) electrons. The Labute approximate surface area is 177 Å². The Morgan fingerprint density at radius 2 is 2.07 bits per heavy atom. The second-order valence-corrected chi connectivity index (χ2v) is 8.65. The minimum Gasteiger partial charge on any atom is -0.348 e. The fraction of sp³-hybridized carbons (Fsp3) is 0.409. The molecule has 1 aromatic carbocycles. The maximum Gasteiger partial charge on any atom is 0.253 e. The topological polar surface area (TPSA) is 79.8 Å². The molecule has 2 N–H and O–H groups in total. The standard InChI is InChI=1S/C22H25BrN4O2/c1-3-14-8-13(2)26-22(29)18(14)11-24-21(28)17-9-15(23)10-20-19(17)12-25-27(20)16-6-4-5-7-16/h8-10,12,16H,3-7,11H2,1-2H3,(H,24,28)(H,26,29). The predicted octanol–water partition coefficient (Wildman–Crippen LogP) is 4.40. The van der Waals surface area contributed by atoms with Gasteiger partial charge in [0.15, 0.2) is 0 Å². The van der Waals surface area contributed by atoms with Gasteiger partial charge in [0.05, 0.1) is 23.3 Å². The quantitative estimate of drug-likeness (QED) is 0.596. The average Bonchev–Trinajstić information content (AvgIpc) is 3.35. The Hall–Kier alpha value is -2.41. The number of rotatable bonds is 5. The molecule has 7 heteroatoms. The number of halogens is 1. The highest BCUT2D eigenvalue weighted by Crippen LogP contribution is 2.33. The van der Waals surface area contributed by atoms with Gasteiger partial charge < -0.3 is 10.3 Å². The van der Waals surface area contributed by atoms with Crippen LogP contribution in [-0.4, -0.2) is 20.7 Å². The van der Waals surface area contributed by atoms with Crippen molar-refractivity contribution < 1.29 is 4.79 Å². The summed E-state index contributed by atoms with van der Waals surface area (Å²) in [7, 11) is 0. The van der Waals surface area contributed by atoms with E-state index < -0.39 is 0 Å². The molecule has 4 rings (SSSR count). The van der Waals surface area contributed by atoms with Crippen LogP contribution < -0.4 is 10.9 Å². The number of fused-ring (bicyclic) bond motifs is 1. The first-order valence-corrected chi connectivity index (χ1v) is 10.9. The minimum atomic E-state index is -0.204. The molecule has 1 saturated carbocycles. The van der Waals surface area contributed by atoms with Gasteiger partial charge in [-0.2, -0.15) is 5.10 Å². The van der Waals surface area contributed by atoms with E-state index in [1.54, 1.807) is 6.20 Å². The van der Waals surface area contributed by atoms with E-state index in [2.05, 4.69) is 36.0 Å². The summed E-state index contributed by atoms with van der Waals surface area (Å²) in [4.78, 5) is 28.2. The smallest absolute Gasteiger partial charge is 0.253 e. The lowest BCUT2D eigenvalue weighted by Crippen LogP contribution is -2.28. The zero-order valence-electron chi connectivity index (χ0n) is 16.7. The van der Waals surface area contributed by atoms with Crippen LogP contribution in [0.4, 0.5) is 0 Å². The summed E-state index contributed by atoms with van der Waals surface area (Å²) in [5.41, 5.74) is 3.80. The summed E-state index contributed by atoms with van der Waals surface area (Å²) in [6, 6.07) is 6.21. The van der Waals surface area contributed by atoms with E-state index >= 15 is 0 Å². The van der Waals surface area contributed by atoms with Crippen LogP contribution >= 0.6 is 15.9 Å². The number of carbonyl (C=O) groups is 1. The van der Waals surface area contributed by atoms with Crippen molar-refractivity contribution in [3.8, 4) is 0 Å². The average molecular weight is 457 g/mol. The molecule has 29 heavy (non-hydrogen) atoms. The van der Waals surface area contributed by atoms with Gasteiger partial charge in [0.1, 0.15) is 0 Å². The Balaban J connectivity index is 1.63. The molecule has 0 saturated heterocycles. The molecule has 1 aliphatic rings. The van der Waals surface area contributed by atoms with Crippen molar-refractivity contribution >= 4 is 32.7 Å². The molecule has 3 aromatic rings. The first-order valence-electron chi connectivity index (χ1n) is 10.1.